The Bertz CT molecular complexity index is 4220. The zero-order valence-corrected chi connectivity index (χ0v) is 47.8. The Morgan fingerprint density at radius 1 is 0.287 bits per heavy atom. The molecule has 0 aromatic heterocycles. The highest BCUT2D eigenvalue weighted by Crippen LogP contribution is 2.63. The van der Waals surface area contributed by atoms with Gasteiger partial charge in [0.05, 0.1) is 22.7 Å². The fourth-order valence-corrected chi connectivity index (χ4v) is 13.9. The van der Waals surface area contributed by atoms with Gasteiger partial charge < -0.3 is 9.80 Å². The van der Waals surface area contributed by atoms with E-state index in [1.54, 1.807) is 0 Å². The smallest absolute Gasteiger partial charge is 0.0543 e. The molecule has 2 aliphatic carbocycles. The van der Waals surface area contributed by atoms with Crippen LogP contribution in [0.25, 0.3) is 76.5 Å². The number of rotatable bonds is 7. The van der Waals surface area contributed by atoms with Crippen molar-refractivity contribution in [3.8, 4) is 33.4 Å². The van der Waals surface area contributed by atoms with E-state index in [0.29, 0.717) is 0 Å². The summed E-state index contributed by atoms with van der Waals surface area (Å²) in [5.41, 5.74) is 22.0. The van der Waals surface area contributed by atoms with Gasteiger partial charge in [0.15, 0.2) is 0 Å². The summed E-state index contributed by atoms with van der Waals surface area (Å²) < 4.78 is 0. The van der Waals surface area contributed by atoms with Gasteiger partial charge in [0, 0.05) is 44.1 Å². The molecule has 0 bridgehead atoms. The second kappa shape index (κ2) is 17.9. The van der Waals surface area contributed by atoms with Crippen molar-refractivity contribution in [2.24, 2.45) is 0 Å². The van der Waals surface area contributed by atoms with Crippen LogP contribution in [-0.2, 0) is 21.7 Å². The third-order valence-electron chi connectivity index (χ3n) is 18.0. The Labute approximate surface area is 472 Å². The molecule has 2 nitrogen and oxygen atoms in total. The van der Waals surface area contributed by atoms with Crippen molar-refractivity contribution in [1.29, 1.82) is 0 Å². The summed E-state index contributed by atoms with van der Waals surface area (Å²) in [5.74, 6) is 0. The van der Waals surface area contributed by atoms with Crippen LogP contribution >= 0.6 is 0 Å². The van der Waals surface area contributed by atoms with E-state index in [2.05, 4.69) is 310 Å². The van der Waals surface area contributed by atoms with Gasteiger partial charge in [0.2, 0.25) is 0 Å². The minimum absolute atomic E-state index is 0.0367. The molecule has 0 saturated carbocycles. The van der Waals surface area contributed by atoms with Crippen molar-refractivity contribution in [1.82, 2.24) is 0 Å². The van der Waals surface area contributed by atoms with Crippen molar-refractivity contribution in [3.63, 3.8) is 0 Å². The van der Waals surface area contributed by atoms with E-state index in [1.807, 2.05) is 0 Å². The third-order valence-corrected chi connectivity index (χ3v) is 18.0. The molecule has 0 amide bonds. The maximum atomic E-state index is 2.56. The molecule has 390 valence electrons. The fourth-order valence-electron chi connectivity index (χ4n) is 13.9. The van der Waals surface area contributed by atoms with Crippen LogP contribution in [0.3, 0.4) is 0 Å². The molecule has 2 heteroatoms. The molecular formula is C78H68N2. The summed E-state index contributed by atoms with van der Waals surface area (Å²) >= 11 is 0. The first-order valence-electron chi connectivity index (χ1n) is 28.7. The Morgan fingerprint density at radius 2 is 0.637 bits per heavy atom. The van der Waals surface area contributed by atoms with Gasteiger partial charge in [-0.05, 0) is 147 Å². The molecule has 0 aliphatic heterocycles. The topological polar surface area (TPSA) is 6.48 Å². The molecule has 0 fully saturated rings. The van der Waals surface area contributed by atoms with Gasteiger partial charge in [-0.1, -0.05) is 251 Å². The van der Waals surface area contributed by atoms with Crippen molar-refractivity contribution < 1.29 is 0 Å². The first kappa shape index (κ1) is 49.6. The Balaban J connectivity index is 1.10. The Hall–Kier alpha value is -8.72. The molecule has 0 N–H and O–H groups in total. The van der Waals surface area contributed by atoms with Gasteiger partial charge in [-0.3, -0.25) is 0 Å². The summed E-state index contributed by atoms with van der Waals surface area (Å²) in [6.45, 7) is 24.0. The highest BCUT2D eigenvalue weighted by molar-refractivity contribution is 6.09. The predicted molar refractivity (Wildman–Crippen MR) is 344 cm³/mol. The maximum Gasteiger partial charge on any atom is 0.0543 e. The van der Waals surface area contributed by atoms with E-state index in [4.69, 9.17) is 0 Å². The van der Waals surface area contributed by atoms with Crippen LogP contribution in [-0.4, -0.2) is 0 Å². The molecule has 14 rings (SSSR count). The second-order valence-corrected chi connectivity index (χ2v) is 25.8. The lowest BCUT2D eigenvalue weighted by Crippen LogP contribution is -2.21. The van der Waals surface area contributed by atoms with Crippen molar-refractivity contribution in [3.05, 3.63) is 264 Å². The lowest BCUT2D eigenvalue weighted by atomic mass is 9.73. The summed E-state index contributed by atoms with van der Waals surface area (Å²) in [6.07, 6.45) is 0. The van der Waals surface area contributed by atoms with Gasteiger partial charge in [-0.2, -0.15) is 0 Å². The summed E-state index contributed by atoms with van der Waals surface area (Å²) in [7, 11) is 0. The van der Waals surface area contributed by atoms with Crippen LogP contribution in [0.5, 0.6) is 0 Å². The van der Waals surface area contributed by atoms with E-state index in [9.17, 15) is 0 Å². The minimum Gasteiger partial charge on any atom is -0.309 e. The van der Waals surface area contributed by atoms with Gasteiger partial charge in [-0.15, -0.1) is 0 Å². The van der Waals surface area contributed by atoms with Gasteiger partial charge in [-0.25, -0.2) is 0 Å². The van der Waals surface area contributed by atoms with Gasteiger partial charge in [0.1, 0.15) is 0 Å². The number of hydrogen-bond acceptors (Lipinski definition) is 2. The number of anilines is 6. The van der Waals surface area contributed by atoms with E-state index < -0.39 is 0 Å². The molecule has 0 unspecified atom stereocenters. The SMILES string of the molecule is CC(C)(C)c1ccc2c(c1)C(C)(C)c1c(-c3ccc(N(c4ccc5ccccc5c4)c4cccc5ccccc45)c4c3C(C)(C)c3cc(C(C)(C)C)ccc3-4)ccc(N(c3ccc4ccccc4c3)c3cccc4ccccc34)c1-2. The average molecular weight is 1030 g/mol. The van der Waals surface area contributed by atoms with Crippen molar-refractivity contribution >= 4 is 77.2 Å². The largest absolute Gasteiger partial charge is 0.309 e. The van der Waals surface area contributed by atoms with Crippen LogP contribution in [0.1, 0.15) is 103 Å². The molecule has 0 atom stereocenters. The molecule has 0 radical (unpaired) electrons. The first-order chi connectivity index (χ1) is 38.5. The van der Waals surface area contributed by atoms with Gasteiger partial charge >= 0.3 is 0 Å². The first-order valence-corrected chi connectivity index (χ1v) is 28.7. The quantitative estimate of drug-likeness (QED) is 0.157. The molecule has 0 spiro atoms. The lowest BCUT2D eigenvalue weighted by Gasteiger charge is -2.34. The third kappa shape index (κ3) is 7.66. The van der Waals surface area contributed by atoms with E-state index in [0.717, 1.165) is 22.7 Å². The van der Waals surface area contributed by atoms with Crippen molar-refractivity contribution in [2.75, 3.05) is 9.80 Å². The summed E-state index contributed by atoms with van der Waals surface area (Å²) in [6, 6.07) is 87.5. The number of nitrogens with zero attached hydrogens (tertiary/aromatic N) is 2. The zero-order valence-electron chi connectivity index (χ0n) is 47.8. The minimum atomic E-state index is -0.383. The summed E-state index contributed by atoms with van der Waals surface area (Å²) in [4.78, 5) is 5.13. The lowest BCUT2D eigenvalue weighted by molar-refractivity contribution is 0.584. The molecule has 2 aliphatic rings. The standard InChI is InChI=1S/C78H68N2/c1-75(2,3)55-35-39-63-65(47-55)77(7,8)73-61(41-43-69(71(63)73)79(57-37-33-49-21-11-13-25-53(49)45-57)67-31-19-27-51-23-15-17-29-59(51)67)62-42-44-70(72-64-40-36-56(76(4,5)6)48-66(64)78(9,10)74(62)72)80(58-38-34-50-22-12-14-26-54(50)46-58)68-32-20-28-52-24-16-18-30-60(52)68/h11-48H,1-10H3. The monoisotopic (exact) mass is 1030 g/mol. The average Bonchev–Trinajstić information content (AvgIpc) is 4.06. The molecular weight excluding hydrogens is 965 g/mol. The predicted octanol–water partition coefficient (Wildman–Crippen LogP) is 22.1. The Kier molecular flexibility index (Phi) is 11.1. The fraction of sp³-hybridized carbons (Fsp3) is 0.179. The molecule has 80 heavy (non-hydrogen) atoms. The van der Waals surface area contributed by atoms with E-state index in [1.165, 1.54) is 121 Å². The Morgan fingerprint density at radius 3 is 1.04 bits per heavy atom. The van der Waals surface area contributed by atoms with Crippen LogP contribution in [0, 0.1) is 0 Å². The second-order valence-electron chi connectivity index (χ2n) is 25.8. The highest BCUT2D eigenvalue weighted by atomic mass is 15.2. The number of hydrogen-bond donors (Lipinski definition) is 0. The normalized spacial score (nSPS) is 14.1. The van der Waals surface area contributed by atoms with Crippen LogP contribution in [0.15, 0.2) is 231 Å². The van der Waals surface area contributed by atoms with Crippen molar-refractivity contribution in [2.45, 2.75) is 90.9 Å². The zero-order chi connectivity index (χ0) is 55.0. The van der Waals surface area contributed by atoms with Crippen LogP contribution < -0.4 is 9.80 Å². The van der Waals surface area contributed by atoms with Gasteiger partial charge in [0.25, 0.3) is 0 Å². The highest BCUT2D eigenvalue weighted by Gasteiger charge is 2.45. The molecule has 0 heterocycles. The van der Waals surface area contributed by atoms with Crippen LogP contribution in [0.4, 0.5) is 34.1 Å². The molecule has 12 aromatic rings. The van der Waals surface area contributed by atoms with E-state index in [-0.39, 0.29) is 21.7 Å². The van der Waals surface area contributed by atoms with E-state index >= 15 is 0 Å². The van der Waals surface area contributed by atoms with Crippen LogP contribution in [0.2, 0.25) is 0 Å². The summed E-state index contributed by atoms with van der Waals surface area (Å²) in [5, 5.41) is 9.75. The number of fused-ring (bicyclic) bond motifs is 10. The molecule has 12 aromatic carbocycles. The number of benzene rings is 12. The maximum absolute atomic E-state index is 2.56. The molecule has 0 saturated heterocycles.